The molecular weight excluding hydrogens is 326 g/mol. The van der Waals surface area contributed by atoms with Gasteiger partial charge in [0.25, 0.3) is 0 Å². The second kappa shape index (κ2) is 6.28. The van der Waals surface area contributed by atoms with Crippen LogP contribution in [0.1, 0.15) is 0 Å². The van der Waals surface area contributed by atoms with Crippen molar-refractivity contribution in [2.45, 2.75) is 18.6 Å². The molecule has 1 saturated heterocycles. The number of hydroxylamine groups is 2. The first-order chi connectivity index (χ1) is 9.82. The second-order valence-corrected chi connectivity index (χ2v) is 4.79. The predicted octanol–water partition coefficient (Wildman–Crippen LogP) is 0.932. The Morgan fingerprint density at radius 1 is 1.09 bits per heavy atom. The third-order valence-corrected chi connectivity index (χ3v) is 2.59. The zero-order valence-electron chi connectivity index (χ0n) is 11.4. The summed E-state index contributed by atoms with van der Waals surface area (Å²) in [5, 5.41) is 0.258. The molecule has 0 radical (unpaired) electrons. The van der Waals surface area contributed by atoms with Gasteiger partial charge >= 0.3 is 24.3 Å². The summed E-state index contributed by atoms with van der Waals surface area (Å²) in [5.74, 6) is -5.92. The summed E-state index contributed by atoms with van der Waals surface area (Å²) in [6.07, 6.45) is -12.4. The Morgan fingerprint density at radius 2 is 1.59 bits per heavy atom. The van der Waals surface area contributed by atoms with E-state index in [1.165, 1.54) is 4.90 Å². The van der Waals surface area contributed by atoms with Crippen LogP contribution in [0.2, 0.25) is 0 Å². The Balaban J connectivity index is 2.73. The Labute approximate surface area is 120 Å². The third-order valence-electron chi connectivity index (χ3n) is 2.59. The molecule has 0 bridgehead atoms. The molecule has 0 aromatic rings. The predicted molar refractivity (Wildman–Crippen MR) is 56.8 cm³/mol. The van der Waals surface area contributed by atoms with E-state index >= 15 is 0 Å². The number of esters is 1. The number of hydrogen-bond acceptors (Lipinski definition) is 6. The molecule has 1 rings (SSSR count). The first kappa shape index (κ1) is 18.5. The van der Waals surface area contributed by atoms with Crippen molar-refractivity contribution in [3.05, 3.63) is 0 Å². The molecule has 22 heavy (non-hydrogen) atoms. The number of carbonyl (C=O) groups excluding carboxylic acids is 2. The molecule has 0 amide bonds. The van der Waals surface area contributed by atoms with Gasteiger partial charge in [0.05, 0.1) is 0 Å². The van der Waals surface area contributed by atoms with Crippen molar-refractivity contribution in [1.29, 1.82) is 0 Å². The molecule has 1 fully saturated rings. The van der Waals surface area contributed by atoms with E-state index < -0.39 is 36.4 Å². The SMILES string of the molecule is CN(C)CC1CN(OC(=O)C(F)(F)F)C1OC(=O)C(F)(F)F. The lowest BCUT2D eigenvalue weighted by Crippen LogP contribution is -2.62. The molecular formula is C10H12F6N2O4. The van der Waals surface area contributed by atoms with Gasteiger partial charge in [-0.15, -0.1) is 0 Å². The second-order valence-electron chi connectivity index (χ2n) is 4.79. The van der Waals surface area contributed by atoms with Crippen molar-refractivity contribution in [3.63, 3.8) is 0 Å². The number of nitrogens with zero attached hydrogens (tertiary/aromatic N) is 2. The van der Waals surface area contributed by atoms with Crippen LogP contribution in [-0.4, -0.2) is 67.7 Å². The highest BCUT2D eigenvalue weighted by Gasteiger charge is 2.52. The molecule has 0 aromatic heterocycles. The van der Waals surface area contributed by atoms with Crippen LogP contribution >= 0.6 is 0 Å². The minimum Gasteiger partial charge on any atom is -0.436 e. The Bertz CT molecular complexity index is 436. The Kier molecular flexibility index (Phi) is 5.28. The lowest BCUT2D eigenvalue weighted by Gasteiger charge is -2.45. The highest BCUT2D eigenvalue weighted by molar-refractivity contribution is 5.76. The molecule has 2 atom stereocenters. The average Bonchev–Trinajstić information content (AvgIpc) is 2.31. The molecule has 0 N–H and O–H groups in total. The Morgan fingerprint density at radius 3 is 2.00 bits per heavy atom. The summed E-state index contributed by atoms with van der Waals surface area (Å²) >= 11 is 0. The van der Waals surface area contributed by atoms with Gasteiger partial charge in [-0.05, 0) is 14.1 Å². The van der Waals surface area contributed by atoms with Crippen LogP contribution in [0.15, 0.2) is 0 Å². The number of rotatable bonds is 4. The molecule has 2 unspecified atom stereocenters. The summed E-state index contributed by atoms with van der Waals surface area (Å²) in [5.41, 5.74) is 0. The van der Waals surface area contributed by atoms with Gasteiger partial charge in [-0.1, -0.05) is 5.06 Å². The summed E-state index contributed by atoms with van der Waals surface area (Å²) in [6.45, 7) is -0.175. The van der Waals surface area contributed by atoms with Crippen LogP contribution in [0, 0.1) is 5.92 Å². The topological polar surface area (TPSA) is 59.1 Å². The highest BCUT2D eigenvalue weighted by atomic mass is 19.4. The molecule has 0 saturated carbocycles. The molecule has 12 heteroatoms. The zero-order valence-corrected chi connectivity index (χ0v) is 11.4. The molecule has 0 aliphatic carbocycles. The van der Waals surface area contributed by atoms with E-state index in [4.69, 9.17) is 0 Å². The molecule has 1 heterocycles. The minimum atomic E-state index is -5.31. The van der Waals surface area contributed by atoms with E-state index in [2.05, 4.69) is 9.57 Å². The maximum atomic E-state index is 12.1. The van der Waals surface area contributed by atoms with E-state index in [0.717, 1.165) is 0 Å². The van der Waals surface area contributed by atoms with Crippen LogP contribution in [-0.2, 0) is 19.2 Å². The number of halogens is 6. The van der Waals surface area contributed by atoms with Gasteiger partial charge in [-0.2, -0.15) is 26.3 Å². The van der Waals surface area contributed by atoms with Gasteiger partial charge in [-0.3, -0.25) is 0 Å². The molecule has 128 valence electrons. The molecule has 1 aliphatic heterocycles. The van der Waals surface area contributed by atoms with Crippen LogP contribution in [0.4, 0.5) is 26.3 Å². The normalized spacial score (nSPS) is 23.1. The van der Waals surface area contributed by atoms with E-state index in [1.807, 2.05) is 0 Å². The quantitative estimate of drug-likeness (QED) is 0.562. The van der Waals surface area contributed by atoms with Gasteiger partial charge in [0.2, 0.25) is 0 Å². The standard InChI is InChI=1S/C10H12F6N2O4/c1-17(2)3-5-4-18(22-8(20)10(14,15)16)6(5)21-7(19)9(11,12)13/h5-6H,3-4H2,1-2H3. The molecule has 0 spiro atoms. The van der Waals surface area contributed by atoms with Crippen molar-refractivity contribution >= 4 is 11.9 Å². The van der Waals surface area contributed by atoms with Gasteiger partial charge in [0.15, 0.2) is 6.23 Å². The summed E-state index contributed by atoms with van der Waals surface area (Å²) in [6, 6.07) is 0. The van der Waals surface area contributed by atoms with Crippen molar-refractivity contribution in [2.75, 3.05) is 27.2 Å². The average molecular weight is 338 g/mol. The number of hydrogen-bond donors (Lipinski definition) is 0. The summed E-state index contributed by atoms with van der Waals surface area (Å²) in [7, 11) is 3.13. The van der Waals surface area contributed by atoms with Crippen molar-refractivity contribution in [1.82, 2.24) is 9.96 Å². The van der Waals surface area contributed by atoms with Crippen LogP contribution < -0.4 is 0 Å². The summed E-state index contributed by atoms with van der Waals surface area (Å²) < 4.78 is 76.7. The van der Waals surface area contributed by atoms with Crippen LogP contribution in [0.25, 0.3) is 0 Å². The zero-order chi connectivity index (χ0) is 17.3. The first-order valence-corrected chi connectivity index (χ1v) is 5.80. The van der Waals surface area contributed by atoms with Crippen molar-refractivity contribution in [3.8, 4) is 0 Å². The molecule has 6 nitrogen and oxygen atoms in total. The van der Waals surface area contributed by atoms with E-state index in [1.54, 1.807) is 14.1 Å². The third kappa shape index (κ3) is 4.73. The van der Waals surface area contributed by atoms with Gasteiger partial charge < -0.3 is 14.5 Å². The fraction of sp³-hybridized carbons (Fsp3) is 0.800. The van der Waals surface area contributed by atoms with E-state index in [-0.39, 0.29) is 18.2 Å². The largest absolute Gasteiger partial charge is 0.492 e. The fourth-order valence-corrected chi connectivity index (χ4v) is 1.72. The van der Waals surface area contributed by atoms with Crippen LogP contribution in [0.5, 0.6) is 0 Å². The number of alkyl halides is 6. The maximum Gasteiger partial charge on any atom is 0.492 e. The van der Waals surface area contributed by atoms with Crippen molar-refractivity contribution < 1.29 is 45.5 Å². The van der Waals surface area contributed by atoms with Gasteiger partial charge in [0, 0.05) is 19.0 Å². The minimum absolute atomic E-state index is 0.121. The van der Waals surface area contributed by atoms with Gasteiger partial charge in [-0.25, -0.2) is 9.59 Å². The highest BCUT2D eigenvalue weighted by Crippen LogP contribution is 2.31. The maximum absolute atomic E-state index is 12.1. The van der Waals surface area contributed by atoms with Crippen molar-refractivity contribution in [2.24, 2.45) is 5.92 Å². The first-order valence-electron chi connectivity index (χ1n) is 5.80. The van der Waals surface area contributed by atoms with Gasteiger partial charge in [0.1, 0.15) is 0 Å². The smallest absolute Gasteiger partial charge is 0.436 e. The monoisotopic (exact) mass is 338 g/mol. The van der Waals surface area contributed by atoms with E-state index in [9.17, 15) is 35.9 Å². The van der Waals surface area contributed by atoms with E-state index in [0.29, 0.717) is 0 Å². The molecule has 1 aliphatic rings. The molecule has 0 aromatic carbocycles. The number of carbonyl (C=O) groups is 2. The summed E-state index contributed by atoms with van der Waals surface area (Å²) in [4.78, 5) is 26.9. The van der Waals surface area contributed by atoms with Crippen LogP contribution in [0.3, 0.4) is 0 Å². The number of ether oxygens (including phenoxy) is 1. The lowest BCUT2D eigenvalue weighted by atomic mass is 9.99. The Hall–Kier alpha value is -1.56. The fourth-order valence-electron chi connectivity index (χ4n) is 1.72. The lowest BCUT2D eigenvalue weighted by molar-refractivity contribution is -0.326.